The van der Waals surface area contributed by atoms with E-state index in [1.54, 1.807) is 11.6 Å². The first-order valence-electron chi connectivity index (χ1n) is 11.2. The minimum atomic E-state index is -0.234. The van der Waals surface area contributed by atoms with Crippen LogP contribution in [-0.4, -0.2) is 32.4 Å². The van der Waals surface area contributed by atoms with Crippen molar-refractivity contribution in [3.63, 3.8) is 0 Å². The fraction of sp³-hybridized carbons (Fsp3) is 0.500. The third-order valence-electron chi connectivity index (χ3n) is 5.59. The maximum Gasteiger partial charge on any atom is 0.305 e. The molecule has 6 nitrogen and oxygen atoms in total. The van der Waals surface area contributed by atoms with Crippen molar-refractivity contribution in [1.29, 1.82) is 0 Å². The number of hydrogen-bond acceptors (Lipinski definition) is 5. The van der Waals surface area contributed by atoms with Gasteiger partial charge in [0.1, 0.15) is 18.1 Å². The lowest BCUT2D eigenvalue weighted by Crippen LogP contribution is -2.17. The van der Waals surface area contributed by atoms with Gasteiger partial charge in [0, 0.05) is 34.2 Å². The summed E-state index contributed by atoms with van der Waals surface area (Å²) in [6.45, 7) is 17.0. The Morgan fingerprint density at radius 1 is 1.06 bits per heavy atom. The second kappa shape index (κ2) is 8.57. The number of carbonyl (C=O) groups is 1. The van der Waals surface area contributed by atoms with Crippen LogP contribution in [0.5, 0.6) is 5.75 Å². The van der Waals surface area contributed by atoms with Gasteiger partial charge >= 0.3 is 5.97 Å². The number of phenolic OH excluding ortho intramolecular Hbond substituents is 1. The van der Waals surface area contributed by atoms with Gasteiger partial charge in [0.2, 0.25) is 0 Å². The topological polar surface area (TPSA) is 77.2 Å². The molecule has 0 saturated heterocycles. The van der Waals surface area contributed by atoms with Crippen LogP contribution in [0.15, 0.2) is 24.3 Å². The van der Waals surface area contributed by atoms with Crippen LogP contribution in [0.4, 0.5) is 0 Å². The Hall–Kier alpha value is -2.89. The molecule has 0 unspecified atom stereocenters. The number of aromatic hydroxyl groups is 1. The van der Waals surface area contributed by atoms with E-state index in [1.165, 1.54) is 0 Å². The molecule has 32 heavy (non-hydrogen) atoms. The first kappa shape index (κ1) is 23.8. The van der Waals surface area contributed by atoms with Crippen LogP contribution < -0.4 is 0 Å². The molecule has 6 heteroatoms. The van der Waals surface area contributed by atoms with Crippen molar-refractivity contribution in [2.24, 2.45) is 0 Å². The number of nitrogens with zero attached hydrogens (tertiary/aromatic N) is 3. The second-order valence-electron chi connectivity index (χ2n) is 10.4. The average molecular weight is 438 g/mol. The van der Waals surface area contributed by atoms with Crippen LogP contribution >= 0.6 is 0 Å². The Morgan fingerprint density at radius 2 is 1.66 bits per heavy atom. The van der Waals surface area contributed by atoms with E-state index in [2.05, 4.69) is 41.5 Å². The molecule has 0 saturated carbocycles. The quantitative estimate of drug-likeness (QED) is 0.521. The standard InChI is InChI=1S/C26H35N3O3/c1-9-21(30)32-13-12-29-24-18(11-10-16(2)27-24)22(28-29)17-14-19(25(3,4)5)23(31)20(15-17)26(6,7)8/h10-11,14-15,31H,9,12-13H2,1-8H3. The number of aryl methyl sites for hydroxylation is 1. The van der Waals surface area contributed by atoms with Gasteiger partial charge in [-0.3, -0.25) is 4.79 Å². The van der Waals surface area contributed by atoms with Crippen molar-refractivity contribution in [2.75, 3.05) is 6.61 Å². The molecule has 2 heterocycles. The number of hydrogen-bond donors (Lipinski definition) is 1. The highest BCUT2D eigenvalue weighted by atomic mass is 16.5. The van der Waals surface area contributed by atoms with Gasteiger partial charge in [0.25, 0.3) is 0 Å². The molecule has 0 spiro atoms. The molecule has 3 aromatic rings. The van der Waals surface area contributed by atoms with Crippen molar-refractivity contribution in [1.82, 2.24) is 14.8 Å². The summed E-state index contributed by atoms with van der Waals surface area (Å²) in [5.74, 6) is 0.118. The molecule has 1 aromatic carbocycles. The molecule has 172 valence electrons. The molecule has 0 radical (unpaired) electrons. The van der Waals surface area contributed by atoms with Crippen molar-refractivity contribution in [2.45, 2.75) is 79.2 Å². The normalized spacial score (nSPS) is 12.4. The second-order valence-corrected chi connectivity index (χ2v) is 10.4. The highest BCUT2D eigenvalue weighted by Gasteiger charge is 2.28. The first-order valence-corrected chi connectivity index (χ1v) is 11.2. The number of phenols is 1. The van der Waals surface area contributed by atoms with Gasteiger partial charge in [0.05, 0.1) is 6.54 Å². The van der Waals surface area contributed by atoms with Crippen LogP contribution in [0.2, 0.25) is 0 Å². The van der Waals surface area contributed by atoms with Crippen LogP contribution in [0, 0.1) is 6.92 Å². The molecule has 0 aliphatic heterocycles. The third-order valence-corrected chi connectivity index (χ3v) is 5.59. The molecule has 0 fully saturated rings. The fourth-order valence-corrected chi connectivity index (χ4v) is 3.78. The summed E-state index contributed by atoms with van der Waals surface area (Å²) < 4.78 is 7.08. The molecule has 2 aromatic heterocycles. The monoisotopic (exact) mass is 437 g/mol. The minimum absolute atomic E-state index is 0.228. The Morgan fingerprint density at radius 3 is 2.19 bits per heavy atom. The third kappa shape index (κ3) is 4.79. The lowest BCUT2D eigenvalue weighted by Gasteiger charge is -2.28. The van der Waals surface area contributed by atoms with Gasteiger partial charge in [-0.2, -0.15) is 5.10 Å². The number of carbonyl (C=O) groups excluding carboxylic acids is 1. The van der Waals surface area contributed by atoms with E-state index < -0.39 is 0 Å². The van der Waals surface area contributed by atoms with Crippen molar-refractivity contribution < 1.29 is 14.6 Å². The fourth-order valence-electron chi connectivity index (χ4n) is 3.78. The van der Waals surface area contributed by atoms with Gasteiger partial charge in [-0.15, -0.1) is 0 Å². The van der Waals surface area contributed by atoms with E-state index in [0.717, 1.165) is 39.1 Å². The van der Waals surface area contributed by atoms with Crippen LogP contribution in [0.1, 0.15) is 71.7 Å². The molecule has 0 aliphatic carbocycles. The first-order chi connectivity index (χ1) is 14.8. The van der Waals surface area contributed by atoms with Gasteiger partial charge in [-0.1, -0.05) is 48.5 Å². The van der Waals surface area contributed by atoms with E-state index in [9.17, 15) is 9.90 Å². The molecule has 0 amide bonds. The van der Waals surface area contributed by atoms with E-state index in [4.69, 9.17) is 14.8 Å². The van der Waals surface area contributed by atoms with Crippen LogP contribution in [0.25, 0.3) is 22.3 Å². The lowest BCUT2D eigenvalue weighted by molar-refractivity contribution is -0.143. The Bertz CT molecular complexity index is 1110. The summed E-state index contributed by atoms with van der Waals surface area (Å²) in [6, 6.07) is 8.08. The molecule has 0 bridgehead atoms. The number of fused-ring (bicyclic) bond motifs is 1. The molecule has 0 aliphatic rings. The van der Waals surface area contributed by atoms with Gasteiger partial charge in [-0.25, -0.2) is 9.67 Å². The summed E-state index contributed by atoms with van der Waals surface area (Å²) in [6.07, 6.45) is 0.348. The summed E-state index contributed by atoms with van der Waals surface area (Å²) in [7, 11) is 0. The molecular formula is C26H35N3O3. The summed E-state index contributed by atoms with van der Waals surface area (Å²) in [5, 5.41) is 16.9. The van der Waals surface area contributed by atoms with Crippen molar-refractivity contribution >= 4 is 17.0 Å². The van der Waals surface area contributed by atoms with Crippen molar-refractivity contribution in [3.8, 4) is 17.0 Å². The van der Waals surface area contributed by atoms with E-state index in [0.29, 0.717) is 18.7 Å². The Labute approximate surface area is 190 Å². The van der Waals surface area contributed by atoms with Crippen LogP contribution in [0.3, 0.4) is 0 Å². The predicted octanol–water partition coefficient (Wildman–Crippen LogP) is 5.66. The highest BCUT2D eigenvalue weighted by molar-refractivity contribution is 5.92. The SMILES string of the molecule is CCC(=O)OCCn1nc(-c2cc(C(C)(C)C)c(O)c(C(C)(C)C)c2)c2ccc(C)nc21. The molecular weight excluding hydrogens is 402 g/mol. The largest absolute Gasteiger partial charge is 0.507 e. The number of benzene rings is 1. The van der Waals surface area contributed by atoms with E-state index >= 15 is 0 Å². The maximum atomic E-state index is 11.6. The van der Waals surface area contributed by atoms with Crippen LogP contribution in [-0.2, 0) is 26.9 Å². The van der Waals surface area contributed by atoms with Gasteiger partial charge in [0.15, 0.2) is 5.65 Å². The maximum absolute atomic E-state index is 11.6. The number of pyridine rings is 1. The van der Waals surface area contributed by atoms with E-state index in [1.807, 2.05) is 31.2 Å². The van der Waals surface area contributed by atoms with Gasteiger partial charge < -0.3 is 9.84 Å². The molecule has 0 atom stereocenters. The number of esters is 1. The molecule has 1 N–H and O–H groups in total. The lowest BCUT2D eigenvalue weighted by atomic mass is 9.78. The summed E-state index contributed by atoms with van der Waals surface area (Å²) >= 11 is 0. The zero-order chi connectivity index (χ0) is 23.8. The van der Waals surface area contributed by atoms with E-state index in [-0.39, 0.29) is 23.4 Å². The van der Waals surface area contributed by atoms with Gasteiger partial charge in [-0.05, 0) is 42.0 Å². The zero-order valence-electron chi connectivity index (χ0n) is 20.5. The minimum Gasteiger partial charge on any atom is -0.507 e. The summed E-state index contributed by atoms with van der Waals surface area (Å²) in [5.41, 5.74) is 4.72. The van der Waals surface area contributed by atoms with Crippen molar-refractivity contribution in [3.05, 3.63) is 41.1 Å². The predicted molar refractivity (Wildman–Crippen MR) is 128 cm³/mol. The Balaban J connectivity index is 2.20. The summed E-state index contributed by atoms with van der Waals surface area (Å²) in [4.78, 5) is 16.3. The number of aromatic nitrogens is 3. The zero-order valence-corrected chi connectivity index (χ0v) is 20.5. The molecule has 3 rings (SSSR count). The highest BCUT2D eigenvalue weighted by Crippen LogP contribution is 2.42. The average Bonchev–Trinajstić information content (AvgIpc) is 3.04. The number of ether oxygens (including phenoxy) is 1. The smallest absolute Gasteiger partial charge is 0.305 e. The number of rotatable bonds is 5. The Kier molecular flexibility index (Phi) is 6.36.